The van der Waals surface area contributed by atoms with Crippen LogP contribution in [0, 0.1) is 0 Å². The zero-order chi connectivity index (χ0) is 17.2. The molecule has 7 nitrogen and oxygen atoms in total. The monoisotopic (exact) mass is 340 g/mol. The van der Waals surface area contributed by atoms with Crippen LogP contribution in [0.2, 0.25) is 0 Å². The molecule has 1 saturated carbocycles. The smallest absolute Gasteiger partial charge is 0.223 e. The van der Waals surface area contributed by atoms with Gasteiger partial charge in [0.05, 0.1) is 24.3 Å². The van der Waals surface area contributed by atoms with Gasteiger partial charge in [0.2, 0.25) is 11.5 Å². The summed E-state index contributed by atoms with van der Waals surface area (Å²) >= 11 is 0. The van der Waals surface area contributed by atoms with Crippen molar-refractivity contribution in [3.8, 4) is 17.1 Å². The Balaban J connectivity index is 1.61. The zero-order valence-electron chi connectivity index (χ0n) is 14.0. The highest BCUT2D eigenvalue weighted by atomic mass is 16.5. The molecule has 4 rings (SSSR count). The molecule has 0 unspecified atom stereocenters. The van der Waals surface area contributed by atoms with Gasteiger partial charge in [-0.25, -0.2) is 9.97 Å². The fraction of sp³-hybridized carbons (Fsp3) is 0.389. The third kappa shape index (κ3) is 3.15. The standard InChI is InChI=1S/C18H20N4O3/c1-24-15-4-2-3-13-16(22-25-17(13)15)14-9-10-19-18(21-14)20-11-5-7-12(23)8-6-11/h2-4,9-12,23H,5-8H2,1H3,(H,19,20,21)/t11-,12-. The average molecular weight is 340 g/mol. The van der Waals surface area contributed by atoms with Gasteiger partial charge in [-0.05, 0) is 43.9 Å². The number of nitrogens with one attached hydrogen (secondary N) is 1. The Kier molecular flexibility index (Phi) is 4.23. The largest absolute Gasteiger partial charge is 0.493 e. The summed E-state index contributed by atoms with van der Waals surface area (Å²) in [6.45, 7) is 0. The van der Waals surface area contributed by atoms with Crippen molar-refractivity contribution in [2.24, 2.45) is 0 Å². The fourth-order valence-electron chi connectivity index (χ4n) is 3.25. The van der Waals surface area contributed by atoms with E-state index in [-0.39, 0.29) is 12.1 Å². The molecule has 2 heterocycles. The lowest BCUT2D eigenvalue weighted by atomic mass is 9.93. The van der Waals surface area contributed by atoms with E-state index in [1.807, 2.05) is 24.3 Å². The van der Waals surface area contributed by atoms with Gasteiger partial charge in [0.1, 0.15) is 5.69 Å². The molecule has 0 atom stereocenters. The molecular weight excluding hydrogens is 320 g/mol. The van der Waals surface area contributed by atoms with Crippen molar-refractivity contribution in [2.75, 3.05) is 12.4 Å². The van der Waals surface area contributed by atoms with E-state index in [4.69, 9.17) is 9.26 Å². The highest BCUT2D eigenvalue weighted by Crippen LogP contribution is 2.32. The second kappa shape index (κ2) is 6.68. The van der Waals surface area contributed by atoms with Crippen molar-refractivity contribution in [1.82, 2.24) is 15.1 Å². The zero-order valence-corrected chi connectivity index (χ0v) is 14.0. The van der Waals surface area contributed by atoms with E-state index in [0.29, 0.717) is 28.7 Å². The number of nitrogens with zero attached hydrogens (tertiary/aromatic N) is 3. The highest BCUT2D eigenvalue weighted by Gasteiger charge is 2.20. The van der Waals surface area contributed by atoms with E-state index < -0.39 is 0 Å². The summed E-state index contributed by atoms with van der Waals surface area (Å²) in [6.07, 6.45) is 4.98. The third-order valence-corrected chi connectivity index (χ3v) is 4.61. The van der Waals surface area contributed by atoms with Crippen LogP contribution in [-0.2, 0) is 0 Å². The van der Waals surface area contributed by atoms with Crippen LogP contribution in [0.5, 0.6) is 5.75 Å². The fourth-order valence-corrected chi connectivity index (χ4v) is 3.25. The van der Waals surface area contributed by atoms with E-state index in [9.17, 15) is 5.11 Å². The summed E-state index contributed by atoms with van der Waals surface area (Å²) in [5, 5.41) is 18.0. The first-order chi connectivity index (χ1) is 12.2. The van der Waals surface area contributed by atoms with Gasteiger partial charge in [0, 0.05) is 12.2 Å². The van der Waals surface area contributed by atoms with Crippen molar-refractivity contribution in [1.29, 1.82) is 0 Å². The molecule has 0 spiro atoms. The molecule has 2 aromatic heterocycles. The van der Waals surface area contributed by atoms with Crippen molar-refractivity contribution >= 4 is 16.9 Å². The predicted octanol–water partition coefficient (Wildman–Crippen LogP) is 3.01. The number of benzene rings is 1. The number of aliphatic hydroxyl groups excluding tert-OH is 1. The molecule has 1 aromatic carbocycles. The number of para-hydroxylation sites is 1. The summed E-state index contributed by atoms with van der Waals surface area (Å²) in [6, 6.07) is 7.76. The summed E-state index contributed by atoms with van der Waals surface area (Å²) in [5.41, 5.74) is 1.97. The molecule has 0 amide bonds. The van der Waals surface area contributed by atoms with E-state index in [1.165, 1.54) is 0 Å². The van der Waals surface area contributed by atoms with Crippen molar-refractivity contribution < 1.29 is 14.4 Å². The summed E-state index contributed by atoms with van der Waals surface area (Å²) in [7, 11) is 1.60. The van der Waals surface area contributed by atoms with Crippen LogP contribution in [0.25, 0.3) is 22.4 Å². The molecule has 2 N–H and O–H groups in total. The number of hydrogen-bond acceptors (Lipinski definition) is 7. The molecule has 0 bridgehead atoms. The lowest BCUT2D eigenvalue weighted by Gasteiger charge is -2.26. The Hall–Kier alpha value is -2.67. The maximum absolute atomic E-state index is 9.62. The number of anilines is 1. The van der Waals surface area contributed by atoms with Crippen LogP contribution in [0.1, 0.15) is 25.7 Å². The molecule has 1 fully saturated rings. The number of ether oxygens (including phenoxy) is 1. The third-order valence-electron chi connectivity index (χ3n) is 4.61. The molecule has 0 saturated heterocycles. The number of aromatic nitrogens is 3. The predicted molar refractivity (Wildman–Crippen MR) is 93.5 cm³/mol. The number of aliphatic hydroxyl groups is 1. The minimum atomic E-state index is -0.179. The summed E-state index contributed by atoms with van der Waals surface area (Å²) < 4.78 is 10.8. The molecule has 7 heteroatoms. The molecule has 3 aromatic rings. The van der Waals surface area contributed by atoms with Crippen LogP contribution in [0.3, 0.4) is 0 Å². The molecule has 1 aliphatic rings. The van der Waals surface area contributed by atoms with E-state index in [0.717, 1.165) is 31.1 Å². The van der Waals surface area contributed by atoms with Crippen LogP contribution < -0.4 is 10.1 Å². The SMILES string of the molecule is COc1cccc2c(-c3ccnc(N[C@H]4CC[C@H](O)CC4)n3)noc12. The minimum Gasteiger partial charge on any atom is -0.493 e. The van der Waals surface area contributed by atoms with Gasteiger partial charge in [-0.3, -0.25) is 0 Å². The molecule has 0 radical (unpaired) electrons. The van der Waals surface area contributed by atoms with Crippen molar-refractivity contribution in [2.45, 2.75) is 37.8 Å². The van der Waals surface area contributed by atoms with Gasteiger partial charge in [-0.15, -0.1) is 0 Å². The van der Waals surface area contributed by atoms with Gasteiger partial charge in [-0.1, -0.05) is 11.2 Å². The first-order valence-corrected chi connectivity index (χ1v) is 8.45. The Bertz CT molecular complexity index is 872. The number of methoxy groups -OCH3 is 1. The summed E-state index contributed by atoms with van der Waals surface area (Å²) in [5.74, 6) is 1.21. The van der Waals surface area contributed by atoms with Crippen LogP contribution in [0.15, 0.2) is 35.0 Å². The first-order valence-electron chi connectivity index (χ1n) is 8.45. The highest BCUT2D eigenvalue weighted by molar-refractivity contribution is 5.93. The lowest BCUT2D eigenvalue weighted by molar-refractivity contribution is 0.126. The van der Waals surface area contributed by atoms with Crippen molar-refractivity contribution in [3.05, 3.63) is 30.5 Å². The van der Waals surface area contributed by atoms with E-state index in [1.54, 1.807) is 13.3 Å². The van der Waals surface area contributed by atoms with Crippen LogP contribution >= 0.6 is 0 Å². The van der Waals surface area contributed by atoms with E-state index in [2.05, 4.69) is 20.4 Å². The second-order valence-electron chi connectivity index (χ2n) is 6.28. The average Bonchev–Trinajstić information content (AvgIpc) is 3.08. The van der Waals surface area contributed by atoms with Gasteiger partial charge in [-0.2, -0.15) is 0 Å². The first kappa shape index (κ1) is 15.8. The molecule has 130 valence electrons. The van der Waals surface area contributed by atoms with Gasteiger partial charge < -0.3 is 19.7 Å². The van der Waals surface area contributed by atoms with E-state index >= 15 is 0 Å². The number of rotatable bonds is 4. The Labute approximate surface area is 145 Å². The van der Waals surface area contributed by atoms with Crippen molar-refractivity contribution in [3.63, 3.8) is 0 Å². The second-order valence-corrected chi connectivity index (χ2v) is 6.28. The summed E-state index contributed by atoms with van der Waals surface area (Å²) in [4.78, 5) is 8.89. The van der Waals surface area contributed by atoms with Crippen LogP contribution in [-0.4, -0.2) is 39.5 Å². The molecule has 0 aliphatic heterocycles. The Morgan fingerprint density at radius 1 is 1.20 bits per heavy atom. The molecule has 25 heavy (non-hydrogen) atoms. The van der Waals surface area contributed by atoms with Gasteiger partial charge in [0.15, 0.2) is 5.75 Å². The Morgan fingerprint density at radius 2 is 2.04 bits per heavy atom. The molecular formula is C18H20N4O3. The minimum absolute atomic E-state index is 0.179. The quantitative estimate of drug-likeness (QED) is 0.754. The Morgan fingerprint density at radius 3 is 2.84 bits per heavy atom. The van der Waals surface area contributed by atoms with Crippen LogP contribution in [0.4, 0.5) is 5.95 Å². The maximum Gasteiger partial charge on any atom is 0.223 e. The van der Waals surface area contributed by atoms with Gasteiger partial charge >= 0.3 is 0 Å². The number of hydrogen-bond donors (Lipinski definition) is 2. The lowest BCUT2D eigenvalue weighted by Crippen LogP contribution is -2.28. The normalized spacial score (nSPS) is 20.6. The van der Waals surface area contributed by atoms with Gasteiger partial charge in [0.25, 0.3) is 0 Å². The maximum atomic E-state index is 9.62. The topological polar surface area (TPSA) is 93.3 Å². The number of fused-ring (bicyclic) bond motifs is 1. The molecule has 1 aliphatic carbocycles.